The summed E-state index contributed by atoms with van der Waals surface area (Å²) in [4.78, 5) is 12.1. The first-order chi connectivity index (χ1) is 7.68. The molecule has 0 bridgehead atoms. The molecular formula is C12H14BrNO2. The summed E-state index contributed by atoms with van der Waals surface area (Å²) in [7, 11) is 0. The van der Waals surface area contributed by atoms with E-state index < -0.39 is 0 Å². The SMILES string of the molecule is Nc1ccc(C(=O)C2CCOCC2)cc1Br. The Bertz CT molecular complexity index is 400. The molecule has 1 aliphatic rings. The van der Waals surface area contributed by atoms with Gasteiger partial charge in [0.1, 0.15) is 0 Å². The molecule has 1 aromatic carbocycles. The summed E-state index contributed by atoms with van der Waals surface area (Å²) in [5, 5.41) is 0. The lowest BCUT2D eigenvalue weighted by Gasteiger charge is -2.20. The van der Waals surface area contributed by atoms with Crippen LogP contribution in [0.2, 0.25) is 0 Å². The molecule has 0 radical (unpaired) electrons. The van der Waals surface area contributed by atoms with Gasteiger partial charge in [0.25, 0.3) is 0 Å². The predicted molar refractivity (Wildman–Crippen MR) is 66.4 cm³/mol. The minimum atomic E-state index is 0.101. The van der Waals surface area contributed by atoms with E-state index in [2.05, 4.69) is 15.9 Å². The van der Waals surface area contributed by atoms with Crippen LogP contribution in [0.1, 0.15) is 23.2 Å². The van der Waals surface area contributed by atoms with E-state index in [0.29, 0.717) is 18.9 Å². The number of ether oxygens (including phenoxy) is 1. The molecule has 2 N–H and O–H groups in total. The van der Waals surface area contributed by atoms with Crippen molar-refractivity contribution in [2.45, 2.75) is 12.8 Å². The first kappa shape index (κ1) is 11.6. The number of carbonyl (C=O) groups excluding carboxylic acids is 1. The number of Topliss-reactive ketones (excluding diaryl/α,β-unsaturated/α-hetero) is 1. The van der Waals surface area contributed by atoms with Gasteiger partial charge in [0.15, 0.2) is 5.78 Å². The molecule has 86 valence electrons. The van der Waals surface area contributed by atoms with E-state index in [9.17, 15) is 4.79 Å². The molecule has 4 heteroatoms. The molecular weight excluding hydrogens is 270 g/mol. The predicted octanol–water partition coefficient (Wildman–Crippen LogP) is 2.64. The van der Waals surface area contributed by atoms with E-state index >= 15 is 0 Å². The minimum absolute atomic E-state index is 0.101. The van der Waals surface area contributed by atoms with Gasteiger partial charge in [0.2, 0.25) is 0 Å². The van der Waals surface area contributed by atoms with Crippen LogP contribution in [0.15, 0.2) is 22.7 Å². The number of halogens is 1. The van der Waals surface area contributed by atoms with Gasteiger partial charge in [-0.05, 0) is 47.0 Å². The van der Waals surface area contributed by atoms with Gasteiger partial charge in [0, 0.05) is 34.9 Å². The van der Waals surface area contributed by atoms with Crippen molar-refractivity contribution in [3.05, 3.63) is 28.2 Å². The van der Waals surface area contributed by atoms with E-state index in [-0.39, 0.29) is 11.7 Å². The zero-order valence-electron chi connectivity index (χ0n) is 8.91. The smallest absolute Gasteiger partial charge is 0.166 e. The Hall–Kier alpha value is -0.870. The number of carbonyl (C=O) groups is 1. The summed E-state index contributed by atoms with van der Waals surface area (Å²) in [5.41, 5.74) is 7.07. The molecule has 1 saturated heterocycles. The van der Waals surface area contributed by atoms with Crippen molar-refractivity contribution in [2.24, 2.45) is 5.92 Å². The van der Waals surface area contributed by atoms with Gasteiger partial charge in [0.05, 0.1) is 0 Å². The summed E-state index contributed by atoms with van der Waals surface area (Å²) >= 11 is 3.34. The fourth-order valence-electron chi connectivity index (χ4n) is 1.88. The number of hydrogen-bond donors (Lipinski definition) is 1. The summed E-state index contributed by atoms with van der Waals surface area (Å²) in [5.74, 6) is 0.299. The molecule has 2 rings (SSSR count). The van der Waals surface area contributed by atoms with Crippen LogP contribution >= 0.6 is 15.9 Å². The number of nitrogen functional groups attached to an aromatic ring is 1. The van der Waals surface area contributed by atoms with Gasteiger partial charge < -0.3 is 10.5 Å². The first-order valence-electron chi connectivity index (χ1n) is 5.35. The van der Waals surface area contributed by atoms with Crippen molar-refractivity contribution in [3.63, 3.8) is 0 Å². The summed E-state index contributed by atoms with van der Waals surface area (Å²) in [6.45, 7) is 1.37. The van der Waals surface area contributed by atoms with Crippen molar-refractivity contribution in [2.75, 3.05) is 18.9 Å². The maximum absolute atomic E-state index is 12.1. The van der Waals surface area contributed by atoms with Crippen LogP contribution in [-0.2, 0) is 4.74 Å². The molecule has 16 heavy (non-hydrogen) atoms. The van der Waals surface area contributed by atoms with Crippen LogP contribution in [0.4, 0.5) is 5.69 Å². The highest BCUT2D eigenvalue weighted by molar-refractivity contribution is 9.10. The Balaban J connectivity index is 2.16. The van der Waals surface area contributed by atoms with Crippen LogP contribution in [0.25, 0.3) is 0 Å². The van der Waals surface area contributed by atoms with Crippen LogP contribution in [-0.4, -0.2) is 19.0 Å². The second-order valence-corrected chi connectivity index (χ2v) is 4.84. The van der Waals surface area contributed by atoms with Crippen LogP contribution in [0.5, 0.6) is 0 Å². The van der Waals surface area contributed by atoms with Crippen molar-refractivity contribution < 1.29 is 9.53 Å². The zero-order valence-corrected chi connectivity index (χ0v) is 10.5. The molecule has 0 atom stereocenters. The number of benzene rings is 1. The average molecular weight is 284 g/mol. The van der Waals surface area contributed by atoms with Gasteiger partial charge >= 0.3 is 0 Å². The van der Waals surface area contributed by atoms with Crippen LogP contribution in [0, 0.1) is 5.92 Å². The van der Waals surface area contributed by atoms with E-state index in [1.807, 2.05) is 0 Å². The Kier molecular flexibility index (Phi) is 3.61. The molecule has 0 spiro atoms. The fraction of sp³-hybridized carbons (Fsp3) is 0.417. The van der Waals surface area contributed by atoms with Crippen molar-refractivity contribution >= 4 is 27.4 Å². The normalized spacial score (nSPS) is 17.3. The Labute approximate surface area is 103 Å². The second kappa shape index (κ2) is 4.97. The molecule has 0 aliphatic carbocycles. The number of nitrogens with two attached hydrogens (primary N) is 1. The molecule has 0 amide bonds. The van der Waals surface area contributed by atoms with Gasteiger partial charge in [-0.1, -0.05) is 0 Å². The van der Waals surface area contributed by atoms with Gasteiger partial charge in [-0.15, -0.1) is 0 Å². The minimum Gasteiger partial charge on any atom is -0.398 e. The Morgan fingerprint density at radius 3 is 2.69 bits per heavy atom. The lowest BCUT2D eigenvalue weighted by Crippen LogP contribution is -2.23. The van der Waals surface area contributed by atoms with Gasteiger partial charge in [-0.25, -0.2) is 0 Å². The first-order valence-corrected chi connectivity index (χ1v) is 6.15. The fourth-order valence-corrected chi connectivity index (χ4v) is 2.25. The average Bonchev–Trinajstić information content (AvgIpc) is 2.33. The van der Waals surface area contributed by atoms with Crippen molar-refractivity contribution in [1.82, 2.24) is 0 Å². The highest BCUT2D eigenvalue weighted by Crippen LogP contribution is 2.25. The van der Waals surface area contributed by atoms with Crippen molar-refractivity contribution in [3.8, 4) is 0 Å². The van der Waals surface area contributed by atoms with Gasteiger partial charge in [-0.2, -0.15) is 0 Å². The van der Waals surface area contributed by atoms with E-state index in [1.54, 1.807) is 18.2 Å². The summed E-state index contributed by atoms with van der Waals surface area (Å²) in [6, 6.07) is 5.35. The quantitative estimate of drug-likeness (QED) is 0.671. The molecule has 0 saturated carbocycles. The van der Waals surface area contributed by atoms with Crippen molar-refractivity contribution in [1.29, 1.82) is 0 Å². The van der Waals surface area contributed by atoms with E-state index in [4.69, 9.17) is 10.5 Å². The highest BCUT2D eigenvalue weighted by atomic mass is 79.9. The Morgan fingerprint density at radius 1 is 1.38 bits per heavy atom. The Morgan fingerprint density at radius 2 is 2.06 bits per heavy atom. The number of anilines is 1. The molecule has 3 nitrogen and oxygen atoms in total. The third-order valence-corrected chi connectivity index (χ3v) is 3.56. The lowest BCUT2D eigenvalue weighted by molar-refractivity contribution is 0.0545. The summed E-state index contributed by atoms with van der Waals surface area (Å²) < 4.78 is 6.03. The second-order valence-electron chi connectivity index (χ2n) is 3.99. The number of hydrogen-bond acceptors (Lipinski definition) is 3. The molecule has 0 unspecified atom stereocenters. The lowest BCUT2D eigenvalue weighted by atomic mass is 9.91. The molecule has 1 aliphatic heterocycles. The maximum Gasteiger partial charge on any atom is 0.166 e. The number of ketones is 1. The largest absolute Gasteiger partial charge is 0.398 e. The third-order valence-electron chi connectivity index (χ3n) is 2.88. The molecule has 1 heterocycles. The van der Waals surface area contributed by atoms with Crippen LogP contribution in [0.3, 0.4) is 0 Å². The van der Waals surface area contributed by atoms with Crippen LogP contribution < -0.4 is 5.73 Å². The monoisotopic (exact) mass is 283 g/mol. The topological polar surface area (TPSA) is 52.3 Å². The van der Waals surface area contributed by atoms with E-state index in [1.165, 1.54) is 0 Å². The molecule has 0 aromatic heterocycles. The standard InChI is InChI=1S/C12H14BrNO2/c13-10-7-9(1-2-11(10)14)12(15)8-3-5-16-6-4-8/h1-2,7-8H,3-6,14H2. The highest BCUT2D eigenvalue weighted by Gasteiger charge is 2.22. The molecule has 1 aromatic rings. The third kappa shape index (κ3) is 2.44. The maximum atomic E-state index is 12.1. The van der Waals surface area contributed by atoms with Gasteiger partial charge in [-0.3, -0.25) is 4.79 Å². The van der Waals surface area contributed by atoms with E-state index in [0.717, 1.165) is 22.9 Å². The zero-order chi connectivity index (χ0) is 11.5. The summed E-state index contributed by atoms with van der Waals surface area (Å²) in [6.07, 6.45) is 1.64. The number of rotatable bonds is 2. The molecule has 1 fully saturated rings.